The molecule has 1 atom stereocenters. The van der Waals surface area contributed by atoms with Crippen LogP contribution < -0.4 is 0 Å². The van der Waals surface area contributed by atoms with E-state index in [2.05, 4.69) is 0 Å². The highest BCUT2D eigenvalue weighted by Gasteiger charge is 2.34. The fourth-order valence-electron chi connectivity index (χ4n) is 3.55. The molecule has 0 spiro atoms. The van der Waals surface area contributed by atoms with Crippen molar-refractivity contribution in [2.24, 2.45) is 0 Å². The molecule has 0 bridgehead atoms. The van der Waals surface area contributed by atoms with E-state index in [9.17, 15) is 13.2 Å². The normalized spacial score (nSPS) is 17.0. The number of piperazine rings is 1. The first-order chi connectivity index (χ1) is 13.9. The smallest absolute Gasteiger partial charge is 0.323 e. The Labute approximate surface area is 173 Å². The van der Waals surface area contributed by atoms with Crippen molar-refractivity contribution in [1.82, 2.24) is 9.21 Å². The maximum Gasteiger partial charge on any atom is 0.323 e. The molecule has 0 radical (unpaired) electrons. The minimum Gasteiger partial charge on any atom is -0.465 e. The van der Waals surface area contributed by atoms with Crippen molar-refractivity contribution in [3.05, 3.63) is 65.7 Å². The van der Waals surface area contributed by atoms with E-state index in [0.717, 1.165) is 11.1 Å². The first-order valence-electron chi connectivity index (χ1n) is 9.93. The predicted octanol–water partition coefficient (Wildman–Crippen LogP) is 2.48. The van der Waals surface area contributed by atoms with Gasteiger partial charge in [-0.2, -0.15) is 4.31 Å². The number of ether oxygens (including phenoxy) is 1. The second-order valence-corrected chi connectivity index (χ2v) is 9.15. The molecule has 1 heterocycles. The molecule has 7 heteroatoms. The topological polar surface area (TPSA) is 66.9 Å². The summed E-state index contributed by atoms with van der Waals surface area (Å²) in [7, 11) is -3.53. The second kappa shape index (κ2) is 9.52. The molecule has 2 aromatic carbocycles. The number of hydrogen-bond acceptors (Lipinski definition) is 5. The summed E-state index contributed by atoms with van der Waals surface area (Å²) in [5.41, 5.74) is 2.08. The number of benzene rings is 2. The highest BCUT2D eigenvalue weighted by Crippen LogP contribution is 2.20. The van der Waals surface area contributed by atoms with E-state index in [0.29, 0.717) is 44.1 Å². The van der Waals surface area contributed by atoms with Crippen LogP contribution in [0.15, 0.2) is 59.5 Å². The average molecular weight is 417 g/mol. The number of hydrogen-bond donors (Lipinski definition) is 0. The predicted molar refractivity (Wildman–Crippen MR) is 112 cm³/mol. The Kier molecular flexibility index (Phi) is 7.05. The lowest BCUT2D eigenvalue weighted by Crippen LogP contribution is -2.54. The third-order valence-corrected chi connectivity index (χ3v) is 7.12. The molecule has 1 aliphatic heterocycles. The van der Waals surface area contributed by atoms with Crippen LogP contribution in [-0.2, 0) is 26.0 Å². The minimum absolute atomic E-state index is 0.258. The van der Waals surface area contributed by atoms with E-state index >= 15 is 0 Å². The molecule has 0 amide bonds. The Morgan fingerprint density at radius 1 is 1.00 bits per heavy atom. The van der Waals surface area contributed by atoms with Crippen LogP contribution in [0.1, 0.15) is 18.1 Å². The molecule has 1 saturated heterocycles. The van der Waals surface area contributed by atoms with Gasteiger partial charge in [-0.3, -0.25) is 9.69 Å². The quantitative estimate of drug-likeness (QED) is 0.649. The Hall–Kier alpha value is -2.22. The number of carbonyl (C=O) groups is 1. The number of carbonyl (C=O) groups excluding carboxylic acids is 1. The summed E-state index contributed by atoms with van der Waals surface area (Å²) in [4.78, 5) is 14.9. The van der Waals surface area contributed by atoms with Crippen LogP contribution in [0.25, 0.3) is 0 Å². The molecule has 0 aromatic heterocycles. The van der Waals surface area contributed by atoms with E-state index in [-0.39, 0.29) is 5.97 Å². The summed E-state index contributed by atoms with van der Waals surface area (Å²) >= 11 is 0. The van der Waals surface area contributed by atoms with E-state index < -0.39 is 16.1 Å². The summed E-state index contributed by atoms with van der Waals surface area (Å²) in [6, 6.07) is 16.3. The zero-order valence-corrected chi connectivity index (χ0v) is 17.8. The molecule has 6 nitrogen and oxygen atoms in total. The third-order valence-electron chi connectivity index (χ3n) is 5.20. The molecule has 156 valence electrons. The van der Waals surface area contributed by atoms with Crippen molar-refractivity contribution < 1.29 is 17.9 Å². The Morgan fingerprint density at radius 3 is 2.21 bits per heavy atom. The van der Waals surface area contributed by atoms with Gasteiger partial charge in [-0.25, -0.2) is 8.42 Å². The number of nitrogens with zero attached hydrogens (tertiary/aromatic N) is 2. The maximum absolute atomic E-state index is 12.9. The number of aryl methyl sites for hydroxylation is 1. The summed E-state index contributed by atoms with van der Waals surface area (Å²) in [5.74, 6) is -0.258. The summed E-state index contributed by atoms with van der Waals surface area (Å²) < 4.78 is 32.6. The lowest BCUT2D eigenvalue weighted by atomic mass is 10.0. The SMILES string of the molecule is CCOC(=O)C(Cc1ccccc1)N1CCN(S(=O)(=O)c2ccc(C)cc2)CC1. The van der Waals surface area contributed by atoms with Gasteiger partial charge in [0.25, 0.3) is 0 Å². The van der Waals surface area contributed by atoms with Crippen molar-refractivity contribution in [1.29, 1.82) is 0 Å². The van der Waals surface area contributed by atoms with Gasteiger partial charge in [-0.05, 0) is 38.0 Å². The van der Waals surface area contributed by atoms with Gasteiger partial charge in [-0.1, -0.05) is 48.0 Å². The van der Waals surface area contributed by atoms with Gasteiger partial charge in [0.2, 0.25) is 10.0 Å². The van der Waals surface area contributed by atoms with Crippen molar-refractivity contribution in [3.63, 3.8) is 0 Å². The maximum atomic E-state index is 12.9. The Bertz CT molecular complexity index is 906. The molecule has 29 heavy (non-hydrogen) atoms. The average Bonchev–Trinajstić information content (AvgIpc) is 2.73. The Balaban J connectivity index is 1.70. The molecule has 0 N–H and O–H groups in total. The van der Waals surface area contributed by atoms with Gasteiger partial charge >= 0.3 is 5.97 Å². The zero-order chi connectivity index (χ0) is 20.9. The fraction of sp³-hybridized carbons (Fsp3) is 0.409. The molecule has 1 fully saturated rings. The van der Waals surface area contributed by atoms with E-state index in [1.807, 2.05) is 42.2 Å². The summed E-state index contributed by atoms with van der Waals surface area (Å²) in [6.45, 7) is 5.72. The van der Waals surface area contributed by atoms with Gasteiger partial charge in [0.1, 0.15) is 6.04 Å². The molecule has 0 saturated carbocycles. The van der Waals surface area contributed by atoms with Crippen molar-refractivity contribution in [2.75, 3.05) is 32.8 Å². The molecule has 3 rings (SSSR count). The van der Waals surface area contributed by atoms with Crippen LogP contribution in [0.3, 0.4) is 0 Å². The second-order valence-electron chi connectivity index (χ2n) is 7.21. The van der Waals surface area contributed by atoms with Crippen LogP contribution in [0.5, 0.6) is 0 Å². The lowest BCUT2D eigenvalue weighted by Gasteiger charge is -2.37. The molecule has 2 aromatic rings. The van der Waals surface area contributed by atoms with Crippen LogP contribution >= 0.6 is 0 Å². The molecule has 0 aliphatic carbocycles. The summed E-state index contributed by atoms with van der Waals surface area (Å²) in [5, 5.41) is 0. The minimum atomic E-state index is -3.53. The molecular weight excluding hydrogens is 388 g/mol. The summed E-state index contributed by atoms with van der Waals surface area (Å²) in [6.07, 6.45) is 0.546. The van der Waals surface area contributed by atoms with Crippen LogP contribution in [0.2, 0.25) is 0 Å². The van der Waals surface area contributed by atoms with Gasteiger partial charge in [0.05, 0.1) is 11.5 Å². The number of sulfonamides is 1. The first-order valence-corrected chi connectivity index (χ1v) is 11.4. The fourth-order valence-corrected chi connectivity index (χ4v) is 4.97. The van der Waals surface area contributed by atoms with Crippen LogP contribution in [0, 0.1) is 6.92 Å². The van der Waals surface area contributed by atoms with Crippen molar-refractivity contribution in [2.45, 2.75) is 31.2 Å². The van der Waals surface area contributed by atoms with Crippen molar-refractivity contribution >= 4 is 16.0 Å². The lowest BCUT2D eigenvalue weighted by molar-refractivity contribution is -0.150. The van der Waals surface area contributed by atoms with Crippen LogP contribution in [0.4, 0.5) is 0 Å². The molecule has 1 unspecified atom stereocenters. The first kappa shape index (κ1) is 21.5. The number of rotatable bonds is 7. The van der Waals surface area contributed by atoms with Gasteiger partial charge < -0.3 is 4.74 Å². The van der Waals surface area contributed by atoms with E-state index in [1.54, 1.807) is 31.2 Å². The molecular formula is C22H28N2O4S. The largest absolute Gasteiger partial charge is 0.465 e. The van der Waals surface area contributed by atoms with E-state index in [1.165, 1.54) is 4.31 Å². The Morgan fingerprint density at radius 2 is 1.62 bits per heavy atom. The highest BCUT2D eigenvalue weighted by atomic mass is 32.2. The standard InChI is InChI=1S/C22H28N2O4S/c1-3-28-22(25)21(17-19-7-5-4-6-8-19)23-13-15-24(16-14-23)29(26,27)20-11-9-18(2)10-12-20/h4-12,21H,3,13-17H2,1-2H3. The highest BCUT2D eigenvalue weighted by molar-refractivity contribution is 7.89. The van der Waals surface area contributed by atoms with Gasteiger partial charge in [0.15, 0.2) is 0 Å². The van der Waals surface area contributed by atoms with Crippen LogP contribution in [-0.4, -0.2) is 62.4 Å². The zero-order valence-electron chi connectivity index (χ0n) is 17.0. The monoisotopic (exact) mass is 416 g/mol. The van der Waals surface area contributed by atoms with Crippen molar-refractivity contribution in [3.8, 4) is 0 Å². The molecule has 1 aliphatic rings. The van der Waals surface area contributed by atoms with E-state index in [4.69, 9.17) is 4.74 Å². The number of esters is 1. The van der Waals surface area contributed by atoms with Gasteiger partial charge in [-0.15, -0.1) is 0 Å². The third kappa shape index (κ3) is 5.23. The van der Waals surface area contributed by atoms with Gasteiger partial charge in [0, 0.05) is 26.2 Å².